The highest BCUT2D eigenvalue weighted by Gasteiger charge is 2.23. The van der Waals surface area contributed by atoms with E-state index >= 15 is 0 Å². The summed E-state index contributed by atoms with van der Waals surface area (Å²) in [5.41, 5.74) is 4.92. The van der Waals surface area contributed by atoms with Gasteiger partial charge in [-0.1, -0.05) is 30.2 Å². The molecule has 0 saturated carbocycles. The van der Waals surface area contributed by atoms with E-state index in [-0.39, 0.29) is 5.82 Å². The number of terminal acetylenes is 1. The molecule has 0 aromatic heterocycles. The van der Waals surface area contributed by atoms with Crippen LogP contribution in [0.5, 0.6) is 0 Å². The van der Waals surface area contributed by atoms with Gasteiger partial charge in [0.15, 0.2) is 0 Å². The largest absolute Gasteiger partial charge is 0.381 e. The summed E-state index contributed by atoms with van der Waals surface area (Å²) in [7, 11) is 0. The van der Waals surface area contributed by atoms with Gasteiger partial charge in [0, 0.05) is 18.3 Å². The zero-order chi connectivity index (χ0) is 15.4. The van der Waals surface area contributed by atoms with E-state index in [1.54, 1.807) is 0 Å². The topological polar surface area (TPSA) is 24.1 Å². The number of fused-ring (bicyclic) bond motifs is 1. The third-order valence-electron chi connectivity index (χ3n) is 4.12. The van der Waals surface area contributed by atoms with Gasteiger partial charge in [0.05, 0.1) is 6.54 Å². The predicted molar refractivity (Wildman–Crippen MR) is 88.1 cm³/mol. The molecule has 2 aromatic carbocycles. The third kappa shape index (κ3) is 3.13. The molecule has 0 saturated heterocycles. The fourth-order valence-corrected chi connectivity index (χ4v) is 3.01. The molecule has 1 atom stereocenters. The van der Waals surface area contributed by atoms with Crippen molar-refractivity contribution in [3.05, 3.63) is 65.0 Å². The van der Waals surface area contributed by atoms with Gasteiger partial charge in [-0.2, -0.15) is 0 Å². The summed E-state index contributed by atoms with van der Waals surface area (Å²) in [5.74, 6) is 2.43. The van der Waals surface area contributed by atoms with E-state index in [4.69, 9.17) is 6.42 Å². The molecule has 1 unspecified atom stereocenters. The molecule has 0 bridgehead atoms. The molecule has 0 spiro atoms. The molecule has 0 fully saturated rings. The van der Waals surface area contributed by atoms with Crippen LogP contribution in [-0.2, 0) is 13.0 Å². The molecule has 1 aliphatic rings. The summed E-state index contributed by atoms with van der Waals surface area (Å²) in [6.07, 6.45) is 7.45. The second-order valence-corrected chi connectivity index (χ2v) is 5.53. The molecule has 2 nitrogen and oxygen atoms in total. The maximum Gasteiger partial charge on any atom is 0.123 e. The molecule has 2 aromatic rings. The number of benzene rings is 2. The first-order chi connectivity index (χ1) is 10.8. The standard InChI is InChI=1S/C19H19FN2/c1-2-12-21-19-11-10-17-16(19)4-3-5-18(17)22-13-14-6-8-15(20)9-7-14/h1,3-9,19,21-22H,10-13H2. The first kappa shape index (κ1) is 14.6. The zero-order valence-corrected chi connectivity index (χ0v) is 12.4. The van der Waals surface area contributed by atoms with Gasteiger partial charge in [0.25, 0.3) is 0 Å². The zero-order valence-electron chi connectivity index (χ0n) is 12.4. The number of rotatable bonds is 5. The number of nitrogens with one attached hydrogen (secondary N) is 2. The van der Waals surface area contributed by atoms with Crippen molar-refractivity contribution in [1.82, 2.24) is 5.32 Å². The van der Waals surface area contributed by atoms with E-state index in [0.29, 0.717) is 19.1 Å². The third-order valence-corrected chi connectivity index (χ3v) is 4.12. The molecule has 0 heterocycles. The van der Waals surface area contributed by atoms with Crippen LogP contribution in [0.15, 0.2) is 42.5 Å². The fraction of sp³-hybridized carbons (Fsp3) is 0.263. The van der Waals surface area contributed by atoms with Crippen LogP contribution < -0.4 is 10.6 Å². The van der Waals surface area contributed by atoms with Crippen molar-refractivity contribution in [3.8, 4) is 12.3 Å². The lowest BCUT2D eigenvalue weighted by Crippen LogP contribution is -2.19. The minimum Gasteiger partial charge on any atom is -0.381 e. The lowest BCUT2D eigenvalue weighted by atomic mass is 10.1. The van der Waals surface area contributed by atoms with Gasteiger partial charge in [-0.3, -0.25) is 5.32 Å². The van der Waals surface area contributed by atoms with Crippen LogP contribution in [0.3, 0.4) is 0 Å². The predicted octanol–water partition coefficient (Wildman–Crippen LogP) is 3.65. The maximum atomic E-state index is 12.9. The van der Waals surface area contributed by atoms with Crippen LogP contribution >= 0.6 is 0 Å². The molecule has 1 aliphatic carbocycles. The Morgan fingerprint density at radius 3 is 2.77 bits per heavy atom. The summed E-state index contributed by atoms with van der Waals surface area (Å²) in [5, 5.41) is 6.86. The van der Waals surface area contributed by atoms with Crippen LogP contribution in [0, 0.1) is 18.2 Å². The molecule has 0 radical (unpaired) electrons. The Morgan fingerprint density at radius 1 is 1.18 bits per heavy atom. The summed E-state index contributed by atoms with van der Waals surface area (Å²) in [6.45, 7) is 1.29. The van der Waals surface area contributed by atoms with Crippen LogP contribution in [0.1, 0.15) is 29.2 Å². The summed E-state index contributed by atoms with van der Waals surface area (Å²) in [6, 6.07) is 13.3. The average Bonchev–Trinajstić information content (AvgIpc) is 2.96. The number of halogens is 1. The molecule has 0 aliphatic heterocycles. The van der Waals surface area contributed by atoms with E-state index in [0.717, 1.165) is 24.1 Å². The number of hydrogen-bond acceptors (Lipinski definition) is 2. The second-order valence-electron chi connectivity index (χ2n) is 5.53. The Morgan fingerprint density at radius 2 is 2.00 bits per heavy atom. The Bertz CT molecular complexity index is 686. The Kier molecular flexibility index (Phi) is 4.41. The van der Waals surface area contributed by atoms with Crippen molar-refractivity contribution in [2.24, 2.45) is 0 Å². The van der Waals surface area contributed by atoms with Gasteiger partial charge in [-0.25, -0.2) is 4.39 Å². The Labute approximate surface area is 130 Å². The molecule has 3 heteroatoms. The van der Waals surface area contributed by atoms with Gasteiger partial charge in [-0.15, -0.1) is 6.42 Å². The first-order valence-electron chi connectivity index (χ1n) is 7.55. The summed E-state index contributed by atoms with van der Waals surface area (Å²) < 4.78 is 12.9. The molecule has 3 rings (SSSR count). The van der Waals surface area contributed by atoms with E-state index in [2.05, 4.69) is 34.8 Å². The summed E-state index contributed by atoms with van der Waals surface area (Å²) in [4.78, 5) is 0. The molecule has 22 heavy (non-hydrogen) atoms. The second kappa shape index (κ2) is 6.64. The summed E-state index contributed by atoms with van der Waals surface area (Å²) >= 11 is 0. The SMILES string of the molecule is C#CCNC1CCc2c(NCc3ccc(F)cc3)cccc21. The van der Waals surface area contributed by atoms with Crippen LogP contribution in [0.4, 0.5) is 10.1 Å². The Hall–Kier alpha value is -2.31. The minimum atomic E-state index is -0.202. The van der Waals surface area contributed by atoms with Crippen LogP contribution in [0.2, 0.25) is 0 Å². The lowest BCUT2D eigenvalue weighted by Gasteiger charge is -2.14. The number of hydrogen-bond donors (Lipinski definition) is 2. The Balaban J connectivity index is 1.72. The van der Waals surface area contributed by atoms with Gasteiger partial charge in [0.2, 0.25) is 0 Å². The van der Waals surface area contributed by atoms with Gasteiger partial charge in [0.1, 0.15) is 5.82 Å². The fourth-order valence-electron chi connectivity index (χ4n) is 3.01. The quantitative estimate of drug-likeness (QED) is 0.823. The molecule has 2 N–H and O–H groups in total. The molecule has 0 amide bonds. The van der Waals surface area contributed by atoms with Crippen molar-refractivity contribution in [2.75, 3.05) is 11.9 Å². The molecular formula is C19H19FN2. The van der Waals surface area contributed by atoms with E-state index in [9.17, 15) is 4.39 Å². The monoisotopic (exact) mass is 294 g/mol. The molecular weight excluding hydrogens is 275 g/mol. The highest BCUT2D eigenvalue weighted by Crippen LogP contribution is 2.35. The van der Waals surface area contributed by atoms with Gasteiger partial charge in [-0.05, 0) is 47.7 Å². The van der Waals surface area contributed by atoms with Crippen molar-refractivity contribution in [3.63, 3.8) is 0 Å². The normalized spacial score (nSPS) is 16.1. The van der Waals surface area contributed by atoms with Crippen molar-refractivity contribution in [1.29, 1.82) is 0 Å². The van der Waals surface area contributed by atoms with E-state index in [1.807, 2.05) is 12.1 Å². The van der Waals surface area contributed by atoms with Crippen LogP contribution in [-0.4, -0.2) is 6.54 Å². The molecule has 112 valence electrons. The minimum absolute atomic E-state index is 0.202. The average molecular weight is 294 g/mol. The van der Waals surface area contributed by atoms with E-state index in [1.165, 1.54) is 23.3 Å². The smallest absolute Gasteiger partial charge is 0.123 e. The van der Waals surface area contributed by atoms with Crippen molar-refractivity contribution < 1.29 is 4.39 Å². The van der Waals surface area contributed by atoms with Crippen molar-refractivity contribution >= 4 is 5.69 Å². The van der Waals surface area contributed by atoms with Crippen LogP contribution in [0.25, 0.3) is 0 Å². The first-order valence-corrected chi connectivity index (χ1v) is 7.55. The highest BCUT2D eigenvalue weighted by atomic mass is 19.1. The van der Waals surface area contributed by atoms with E-state index < -0.39 is 0 Å². The maximum absolute atomic E-state index is 12.9. The van der Waals surface area contributed by atoms with Gasteiger partial charge < -0.3 is 5.32 Å². The van der Waals surface area contributed by atoms with Crippen molar-refractivity contribution in [2.45, 2.75) is 25.4 Å². The lowest BCUT2D eigenvalue weighted by molar-refractivity contribution is 0.568. The van der Waals surface area contributed by atoms with Gasteiger partial charge >= 0.3 is 0 Å². The number of anilines is 1. The highest BCUT2D eigenvalue weighted by molar-refractivity contribution is 5.57.